The number of carbonyl (C=O) groups excluding carboxylic acids is 1. The lowest BCUT2D eigenvalue weighted by Crippen LogP contribution is -2.19. The van der Waals surface area contributed by atoms with E-state index < -0.39 is 6.09 Å². The number of benzene rings is 3. The van der Waals surface area contributed by atoms with Crippen molar-refractivity contribution >= 4 is 11.8 Å². The van der Waals surface area contributed by atoms with Crippen LogP contribution in [0.1, 0.15) is 30.5 Å². The van der Waals surface area contributed by atoms with Gasteiger partial charge in [0.25, 0.3) is 0 Å². The van der Waals surface area contributed by atoms with Gasteiger partial charge in [-0.25, -0.2) is 4.79 Å². The van der Waals surface area contributed by atoms with Crippen molar-refractivity contribution < 1.29 is 14.6 Å². The van der Waals surface area contributed by atoms with Crippen LogP contribution < -0.4 is 5.32 Å². The van der Waals surface area contributed by atoms with Crippen LogP contribution in [-0.4, -0.2) is 17.8 Å². The lowest BCUT2D eigenvalue weighted by molar-refractivity contribution is 0.163. The topological polar surface area (TPSA) is 58.6 Å². The van der Waals surface area contributed by atoms with Gasteiger partial charge < -0.3 is 9.84 Å². The van der Waals surface area contributed by atoms with Crippen LogP contribution in [0.15, 0.2) is 78.9 Å². The largest absolute Gasteiger partial charge is 0.508 e. The lowest BCUT2D eigenvalue weighted by Gasteiger charge is -2.26. The highest BCUT2D eigenvalue weighted by Crippen LogP contribution is 2.32. The number of phenolic OH excluding ortho intramolecular Hbond substituents is 1. The van der Waals surface area contributed by atoms with E-state index in [1.54, 1.807) is 12.1 Å². The first-order valence-corrected chi connectivity index (χ1v) is 9.33. The molecule has 0 atom stereocenters. The molecule has 0 saturated carbocycles. The molecule has 0 aliphatic heterocycles. The third kappa shape index (κ3) is 4.92. The average molecular weight is 375 g/mol. The summed E-state index contributed by atoms with van der Waals surface area (Å²) in [6.07, 6.45) is 0.232. The highest BCUT2D eigenvalue weighted by Gasteiger charge is 2.23. The van der Waals surface area contributed by atoms with Gasteiger partial charge in [-0.05, 0) is 41.0 Å². The maximum atomic E-state index is 12.0. The average Bonchev–Trinajstić information content (AvgIpc) is 2.69. The predicted octanol–water partition coefficient (Wildman–Crippen LogP) is 5.51. The molecule has 0 aliphatic carbocycles. The first kappa shape index (κ1) is 19.5. The fraction of sp³-hybridized carbons (Fsp3) is 0.208. The van der Waals surface area contributed by atoms with Crippen LogP contribution in [0.25, 0.3) is 0 Å². The Labute approximate surface area is 165 Å². The third-order valence-electron chi connectivity index (χ3n) is 4.91. The van der Waals surface area contributed by atoms with Crippen molar-refractivity contribution in [1.82, 2.24) is 0 Å². The third-order valence-corrected chi connectivity index (χ3v) is 4.91. The van der Waals surface area contributed by atoms with Crippen LogP contribution in [0, 0.1) is 0 Å². The number of carbonyl (C=O) groups is 1. The van der Waals surface area contributed by atoms with E-state index in [-0.39, 0.29) is 11.2 Å². The van der Waals surface area contributed by atoms with E-state index in [2.05, 4.69) is 19.2 Å². The Balaban J connectivity index is 1.56. The Morgan fingerprint density at radius 2 is 1.46 bits per heavy atom. The van der Waals surface area contributed by atoms with Gasteiger partial charge in [-0.2, -0.15) is 0 Å². The second-order valence-electron chi connectivity index (χ2n) is 7.25. The Hall–Kier alpha value is -3.27. The molecule has 144 valence electrons. The van der Waals surface area contributed by atoms with Gasteiger partial charge in [0.2, 0.25) is 0 Å². The zero-order valence-electron chi connectivity index (χ0n) is 16.2. The highest BCUT2D eigenvalue weighted by molar-refractivity contribution is 5.84. The minimum absolute atomic E-state index is 0.220. The van der Waals surface area contributed by atoms with E-state index in [1.165, 1.54) is 0 Å². The molecule has 0 bridgehead atoms. The fourth-order valence-corrected chi connectivity index (χ4v) is 3.08. The lowest BCUT2D eigenvalue weighted by atomic mass is 9.78. The number of rotatable bonds is 6. The van der Waals surface area contributed by atoms with Gasteiger partial charge in [0, 0.05) is 17.5 Å². The van der Waals surface area contributed by atoms with E-state index in [1.807, 2.05) is 66.7 Å². The molecule has 0 fully saturated rings. The van der Waals surface area contributed by atoms with Gasteiger partial charge in [0.15, 0.2) is 0 Å². The maximum Gasteiger partial charge on any atom is 0.411 e. The van der Waals surface area contributed by atoms with Gasteiger partial charge in [-0.3, -0.25) is 5.32 Å². The number of amides is 1. The quantitative estimate of drug-likeness (QED) is 0.597. The summed E-state index contributed by atoms with van der Waals surface area (Å²) in [4.78, 5) is 12.0. The molecule has 0 saturated heterocycles. The smallest absolute Gasteiger partial charge is 0.411 e. The predicted molar refractivity (Wildman–Crippen MR) is 112 cm³/mol. The van der Waals surface area contributed by atoms with Gasteiger partial charge in [0.1, 0.15) is 5.75 Å². The van der Waals surface area contributed by atoms with Crippen molar-refractivity contribution in [3.05, 3.63) is 95.6 Å². The number of nitrogens with one attached hydrogen (secondary N) is 1. The fourth-order valence-electron chi connectivity index (χ4n) is 3.08. The van der Waals surface area contributed by atoms with Crippen molar-refractivity contribution in [2.75, 3.05) is 11.9 Å². The van der Waals surface area contributed by atoms with Crippen molar-refractivity contribution in [3.8, 4) is 5.75 Å². The molecular formula is C24H25NO3. The molecule has 0 aromatic heterocycles. The van der Waals surface area contributed by atoms with Gasteiger partial charge in [-0.1, -0.05) is 68.4 Å². The summed E-state index contributed by atoms with van der Waals surface area (Å²) >= 11 is 0. The number of anilines is 1. The van der Waals surface area contributed by atoms with E-state index >= 15 is 0 Å². The van der Waals surface area contributed by atoms with E-state index in [0.717, 1.165) is 16.7 Å². The molecule has 2 N–H and O–H groups in total. The summed E-state index contributed by atoms with van der Waals surface area (Å²) < 4.78 is 5.25. The molecule has 4 nitrogen and oxygen atoms in total. The van der Waals surface area contributed by atoms with E-state index in [0.29, 0.717) is 18.7 Å². The molecule has 3 aromatic rings. The summed E-state index contributed by atoms with van der Waals surface area (Å²) in [5.41, 5.74) is 3.82. The van der Waals surface area contributed by atoms with Crippen LogP contribution in [0.4, 0.5) is 10.5 Å². The summed E-state index contributed by atoms with van der Waals surface area (Å²) in [6, 6.07) is 24.9. The minimum Gasteiger partial charge on any atom is -0.508 e. The molecule has 3 rings (SSSR count). The first-order chi connectivity index (χ1) is 13.4. The zero-order chi connectivity index (χ0) is 20.0. The van der Waals surface area contributed by atoms with Gasteiger partial charge in [-0.15, -0.1) is 0 Å². The SMILES string of the molecule is CC(C)(c1ccc(O)cc1)c1ccc(NC(=O)OCCc2ccccc2)cc1. The standard InChI is InChI=1S/C24H25NO3/c1-24(2,20-10-14-22(26)15-11-20)19-8-12-21(13-9-19)25-23(27)28-17-16-18-6-4-3-5-7-18/h3-15,26H,16-17H2,1-2H3,(H,25,27). The van der Waals surface area contributed by atoms with Crippen molar-refractivity contribution in [1.29, 1.82) is 0 Å². The molecule has 0 spiro atoms. The van der Waals surface area contributed by atoms with Crippen molar-refractivity contribution in [2.24, 2.45) is 0 Å². The summed E-state index contributed by atoms with van der Waals surface area (Å²) in [7, 11) is 0. The van der Waals surface area contributed by atoms with Crippen molar-refractivity contribution in [2.45, 2.75) is 25.7 Å². The van der Waals surface area contributed by atoms with Crippen molar-refractivity contribution in [3.63, 3.8) is 0 Å². The molecule has 28 heavy (non-hydrogen) atoms. The van der Waals surface area contributed by atoms with Crippen LogP contribution in [0.5, 0.6) is 5.75 Å². The zero-order valence-corrected chi connectivity index (χ0v) is 16.2. The summed E-state index contributed by atoms with van der Waals surface area (Å²) in [5, 5.41) is 12.2. The monoisotopic (exact) mass is 375 g/mol. The van der Waals surface area contributed by atoms with Crippen LogP contribution in [0.3, 0.4) is 0 Å². The number of hydrogen-bond acceptors (Lipinski definition) is 3. The normalized spacial score (nSPS) is 11.1. The molecule has 0 unspecified atom stereocenters. The summed E-state index contributed by atoms with van der Waals surface area (Å²) in [5.74, 6) is 0.255. The maximum absolute atomic E-state index is 12.0. The second kappa shape index (κ2) is 8.61. The Morgan fingerprint density at radius 3 is 2.07 bits per heavy atom. The number of hydrogen-bond donors (Lipinski definition) is 2. The highest BCUT2D eigenvalue weighted by atomic mass is 16.5. The first-order valence-electron chi connectivity index (χ1n) is 9.33. The van der Waals surface area contributed by atoms with Crippen LogP contribution in [0.2, 0.25) is 0 Å². The summed E-state index contributed by atoms with van der Waals surface area (Å²) in [6.45, 7) is 4.58. The van der Waals surface area contributed by atoms with E-state index in [9.17, 15) is 9.90 Å². The molecule has 4 heteroatoms. The molecule has 3 aromatic carbocycles. The Bertz CT molecular complexity index is 901. The van der Waals surface area contributed by atoms with Crippen LogP contribution in [-0.2, 0) is 16.6 Å². The molecular weight excluding hydrogens is 350 g/mol. The van der Waals surface area contributed by atoms with Crippen LogP contribution >= 0.6 is 0 Å². The number of phenols is 1. The molecule has 1 amide bonds. The van der Waals surface area contributed by atoms with Gasteiger partial charge in [0.05, 0.1) is 6.61 Å². The Kier molecular flexibility index (Phi) is 5.99. The molecule has 0 radical (unpaired) electrons. The molecule has 0 aliphatic rings. The number of aromatic hydroxyl groups is 1. The minimum atomic E-state index is -0.457. The Morgan fingerprint density at radius 1 is 0.893 bits per heavy atom. The van der Waals surface area contributed by atoms with Gasteiger partial charge >= 0.3 is 6.09 Å². The second-order valence-corrected chi connectivity index (χ2v) is 7.25. The number of ether oxygens (including phenoxy) is 1. The van der Waals surface area contributed by atoms with E-state index in [4.69, 9.17) is 4.74 Å². The molecule has 0 heterocycles.